The molecular formula is C20H28O5. The lowest BCUT2D eigenvalue weighted by molar-refractivity contribution is -0.161. The Kier molecular flexibility index (Phi) is 3.89. The van der Waals surface area contributed by atoms with Crippen molar-refractivity contribution in [2.75, 3.05) is 19.8 Å². The number of cyclic esters (lactones) is 1. The summed E-state index contributed by atoms with van der Waals surface area (Å²) in [5.41, 5.74) is 0.0139. The zero-order valence-corrected chi connectivity index (χ0v) is 15.2. The molecule has 1 N–H and O–H groups in total. The monoisotopic (exact) mass is 348 g/mol. The van der Waals surface area contributed by atoms with Crippen LogP contribution >= 0.6 is 0 Å². The van der Waals surface area contributed by atoms with Crippen LogP contribution in [-0.4, -0.2) is 42.3 Å². The lowest BCUT2D eigenvalue weighted by atomic mass is 9.45. The van der Waals surface area contributed by atoms with Gasteiger partial charge in [-0.25, -0.2) is 4.79 Å². The molecule has 3 fully saturated rings. The summed E-state index contributed by atoms with van der Waals surface area (Å²) in [5.74, 6) is 0.496. The van der Waals surface area contributed by atoms with E-state index in [9.17, 15) is 14.7 Å². The van der Waals surface area contributed by atoms with E-state index in [1.165, 1.54) is 0 Å². The largest absolute Gasteiger partial charge is 0.458 e. The summed E-state index contributed by atoms with van der Waals surface area (Å²) in [7, 11) is 0. The molecule has 0 amide bonds. The molecule has 0 aromatic rings. The van der Waals surface area contributed by atoms with Crippen molar-refractivity contribution < 1.29 is 24.2 Å². The third kappa shape index (κ3) is 2.42. The molecule has 4 rings (SSSR count). The summed E-state index contributed by atoms with van der Waals surface area (Å²) in [6.07, 6.45) is 6.73. The van der Waals surface area contributed by atoms with Gasteiger partial charge in [-0.3, -0.25) is 4.79 Å². The van der Waals surface area contributed by atoms with Crippen LogP contribution in [0.5, 0.6) is 0 Å². The number of ether oxygens (including phenoxy) is 2. The minimum absolute atomic E-state index is 0.0385. The highest BCUT2D eigenvalue weighted by Gasteiger charge is 2.66. The van der Waals surface area contributed by atoms with Crippen molar-refractivity contribution in [1.29, 1.82) is 0 Å². The quantitative estimate of drug-likeness (QED) is 0.624. The van der Waals surface area contributed by atoms with E-state index < -0.39 is 5.41 Å². The molecule has 0 radical (unpaired) electrons. The van der Waals surface area contributed by atoms with E-state index in [1.807, 2.05) is 13.0 Å². The van der Waals surface area contributed by atoms with Gasteiger partial charge in [-0.15, -0.1) is 0 Å². The van der Waals surface area contributed by atoms with Gasteiger partial charge < -0.3 is 14.6 Å². The molecule has 5 heteroatoms. The number of fused-ring (bicyclic) bond motifs is 1. The standard InChI is InChI=1S/C20H28O5/c1-18-8-6-16(22)19(2,11-21)14(18)5-9-20(12-25-20)15(18)4-3-13-7-10-24-17(13)23/h7,14-15,21H,3-6,8-12H2,1-2H3/t14-,15-,18+,19-,20+/m0/s1. The molecule has 25 heavy (non-hydrogen) atoms. The number of aliphatic hydroxyl groups is 1. The Balaban J connectivity index is 1.61. The summed E-state index contributed by atoms with van der Waals surface area (Å²) >= 11 is 0. The number of epoxide rings is 1. The van der Waals surface area contributed by atoms with E-state index in [-0.39, 0.29) is 35.3 Å². The Hall–Kier alpha value is -1.20. The highest BCUT2D eigenvalue weighted by atomic mass is 16.6. The average Bonchev–Trinajstić information content (AvgIpc) is 3.24. The molecule has 2 aliphatic carbocycles. The van der Waals surface area contributed by atoms with E-state index in [1.54, 1.807) is 0 Å². The number of hydrogen-bond donors (Lipinski definition) is 1. The van der Waals surface area contributed by atoms with Gasteiger partial charge in [-0.2, -0.15) is 0 Å². The van der Waals surface area contributed by atoms with E-state index in [0.29, 0.717) is 25.4 Å². The predicted molar refractivity (Wildman–Crippen MR) is 90.7 cm³/mol. The van der Waals surface area contributed by atoms with Gasteiger partial charge in [0.05, 0.1) is 24.2 Å². The van der Waals surface area contributed by atoms with Gasteiger partial charge >= 0.3 is 5.97 Å². The number of carbonyl (C=O) groups is 2. The SMILES string of the molecule is C[C@@]12CCC(=O)[C@@](C)(CO)[C@H]1CC[C@@]1(CO1)[C@H]2CCC1=CCOC1=O. The van der Waals surface area contributed by atoms with E-state index in [2.05, 4.69) is 6.92 Å². The lowest BCUT2D eigenvalue weighted by Crippen LogP contribution is -2.59. The van der Waals surface area contributed by atoms with Gasteiger partial charge in [0.15, 0.2) is 0 Å². The first kappa shape index (κ1) is 17.2. The van der Waals surface area contributed by atoms with E-state index in [4.69, 9.17) is 9.47 Å². The smallest absolute Gasteiger partial charge is 0.334 e. The van der Waals surface area contributed by atoms with Crippen LogP contribution in [0.3, 0.4) is 0 Å². The summed E-state index contributed by atoms with van der Waals surface area (Å²) in [6.45, 7) is 5.32. The maximum atomic E-state index is 12.6. The first-order chi connectivity index (χ1) is 11.9. The van der Waals surface area contributed by atoms with Gasteiger partial charge in [0.1, 0.15) is 12.4 Å². The van der Waals surface area contributed by atoms with Crippen molar-refractivity contribution in [2.45, 2.75) is 58.0 Å². The highest BCUT2D eigenvalue weighted by molar-refractivity contribution is 5.90. The van der Waals surface area contributed by atoms with Crippen LogP contribution in [0.2, 0.25) is 0 Å². The van der Waals surface area contributed by atoms with Gasteiger partial charge in [-0.1, -0.05) is 13.8 Å². The second-order valence-corrected chi connectivity index (χ2v) is 8.87. The molecule has 2 saturated carbocycles. The molecule has 1 saturated heterocycles. The third-order valence-corrected chi connectivity index (χ3v) is 7.73. The van der Waals surface area contributed by atoms with Crippen molar-refractivity contribution in [3.05, 3.63) is 11.6 Å². The minimum atomic E-state index is -0.646. The predicted octanol–water partition coefficient (Wildman–Crippen LogP) is 2.41. The van der Waals surface area contributed by atoms with Crippen molar-refractivity contribution in [3.8, 4) is 0 Å². The van der Waals surface area contributed by atoms with Gasteiger partial charge in [0.25, 0.3) is 0 Å². The number of aliphatic hydroxyl groups excluding tert-OH is 1. The van der Waals surface area contributed by atoms with Crippen LogP contribution in [-0.2, 0) is 19.1 Å². The third-order valence-electron chi connectivity index (χ3n) is 7.73. The fraction of sp³-hybridized carbons (Fsp3) is 0.800. The summed E-state index contributed by atoms with van der Waals surface area (Å²) in [6, 6.07) is 0. The molecular weight excluding hydrogens is 320 g/mol. The normalized spacial score (nSPS) is 46.0. The lowest BCUT2D eigenvalue weighted by Gasteiger charge is -2.58. The zero-order chi connectivity index (χ0) is 17.9. The topological polar surface area (TPSA) is 76.1 Å². The Bertz CT molecular complexity index is 634. The Labute approximate surface area is 148 Å². The number of esters is 1. The van der Waals surface area contributed by atoms with Gasteiger partial charge in [0, 0.05) is 12.0 Å². The summed E-state index contributed by atoms with van der Waals surface area (Å²) < 4.78 is 11.0. The average molecular weight is 348 g/mol. The number of Topliss-reactive ketones (excluding diaryl/α,β-unsaturated/α-hetero) is 1. The number of ketones is 1. The molecule has 138 valence electrons. The molecule has 4 aliphatic rings. The summed E-state index contributed by atoms with van der Waals surface area (Å²) in [4.78, 5) is 24.4. The van der Waals surface area contributed by atoms with E-state index >= 15 is 0 Å². The van der Waals surface area contributed by atoms with Crippen LogP contribution in [0.25, 0.3) is 0 Å². The Morgan fingerprint density at radius 2 is 2.04 bits per heavy atom. The Morgan fingerprint density at radius 3 is 2.64 bits per heavy atom. The molecule has 2 aliphatic heterocycles. The number of hydrogen-bond acceptors (Lipinski definition) is 5. The highest BCUT2D eigenvalue weighted by Crippen LogP contribution is 2.65. The van der Waals surface area contributed by atoms with Gasteiger partial charge in [-0.05, 0) is 55.4 Å². The molecule has 0 bridgehead atoms. The first-order valence-corrected chi connectivity index (χ1v) is 9.50. The number of carbonyl (C=O) groups excluding carboxylic acids is 2. The van der Waals surface area contributed by atoms with Crippen LogP contribution < -0.4 is 0 Å². The number of rotatable bonds is 4. The maximum absolute atomic E-state index is 12.6. The molecule has 5 nitrogen and oxygen atoms in total. The van der Waals surface area contributed by atoms with Crippen molar-refractivity contribution in [2.24, 2.45) is 22.7 Å². The Morgan fingerprint density at radius 1 is 1.28 bits per heavy atom. The maximum Gasteiger partial charge on any atom is 0.334 e. The molecule has 0 aromatic carbocycles. The molecule has 1 spiro atoms. The summed E-state index contributed by atoms with van der Waals surface area (Å²) in [5, 5.41) is 10.0. The van der Waals surface area contributed by atoms with Crippen molar-refractivity contribution in [3.63, 3.8) is 0 Å². The minimum Gasteiger partial charge on any atom is -0.458 e. The van der Waals surface area contributed by atoms with E-state index in [0.717, 1.165) is 37.9 Å². The zero-order valence-electron chi connectivity index (χ0n) is 15.2. The van der Waals surface area contributed by atoms with Crippen LogP contribution in [0.1, 0.15) is 52.4 Å². The second kappa shape index (κ2) is 5.65. The van der Waals surface area contributed by atoms with Crippen molar-refractivity contribution in [1.82, 2.24) is 0 Å². The first-order valence-electron chi connectivity index (χ1n) is 9.50. The fourth-order valence-electron chi connectivity index (χ4n) is 6.12. The van der Waals surface area contributed by atoms with Crippen LogP contribution in [0.4, 0.5) is 0 Å². The van der Waals surface area contributed by atoms with Crippen LogP contribution in [0, 0.1) is 22.7 Å². The fourth-order valence-corrected chi connectivity index (χ4v) is 6.12. The molecule has 2 heterocycles. The molecule has 0 unspecified atom stereocenters. The van der Waals surface area contributed by atoms with Crippen molar-refractivity contribution >= 4 is 11.8 Å². The molecule has 0 aromatic heterocycles. The second-order valence-electron chi connectivity index (χ2n) is 8.87. The van der Waals surface area contributed by atoms with Gasteiger partial charge in [0.2, 0.25) is 0 Å². The van der Waals surface area contributed by atoms with Crippen LogP contribution in [0.15, 0.2) is 11.6 Å². The molecule has 5 atom stereocenters.